The number of carbonyl (C=O) groups is 1. The van der Waals surface area contributed by atoms with Gasteiger partial charge in [0.1, 0.15) is 11.3 Å². The number of anilines is 1. The molecule has 1 aliphatic heterocycles. The van der Waals surface area contributed by atoms with Gasteiger partial charge < -0.3 is 19.0 Å². The minimum Gasteiger partial charge on any atom is -0.491 e. The number of hydrogen-bond donors (Lipinski definition) is 0. The monoisotopic (exact) mass is 394 g/mol. The maximum absolute atomic E-state index is 13.1. The zero-order valence-corrected chi connectivity index (χ0v) is 16.4. The van der Waals surface area contributed by atoms with Crippen LogP contribution < -0.4 is 15.3 Å². The Morgan fingerprint density at radius 2 is 1.83 bits per heavy atom. The number of ether oxygens (including phenoxy) is 1. The summed E-state index contributed by atoms with van der Waals surface area (Å²) in [7, 11) is 0. The molecule has 0 radical (unpaired) electrons. The minimum absolute atomic E-state index is 0.00567. The fourth-order valence-electron chi connectivity index (χ4n) is 3.40. The molecule has 150 valence electrons. The third-order valence-corrected chi connectivity index (χ3v) is 4.72. The predicted molar refractivity (Wildman–Crippen MR) is 108 cm³/mol. The van der Waals surface area contributed by atoms with Crippen molar-refractivity contribution in [2.75, 3.05) is 31.1 Å². The summed E-state index contributed by atoms with van der Waals surface area (Å²) in [4.78, 5) is 37.5. The van der Waals surface area contributed by atoms with E-state index in [1.807, 2.05) is 18.7 Å². The van der Waals surface area contributed by atoms with Crippen LogP contribution in [0.2, 0.25) is 0 Å². The van der Waals surface area contributed by atoms with Crippen LogP contribution in [-0.4, -0.2) is 53.1 Å². The van der Waals surface area contributed by atoms with Gasteiger partial charge in [-0.1, -0.05) is 0 Å². The Morgan fingerprint density at radius 1 is 1.10 bits per heavy atom. The van der Waals surface area contributed by atoms with E-state index >= 15 is 0 Å². The standard InChI is InChI=1S/C21H22N4O4/c1-14(2)28-15-4-5-16-17(13-19(26)29-18(16)12-15)20(27)24-8-10-25(11-9-24)21-22-6-3-7-23-21/h3-7,12-14H,8-11H2,1-2H3. The summed E-state index contributed by atoms with van der Waals surface area (Å²) < 4.78 is 11.0. The van der Waals surface area contributed by atoms with E-state index in [-0.39, 0.29) is 12.0 Å². The lowest BCUT2D eigenvalue weighted by molar-refractivity contribution is 0.0747. The molecule has 0 saturated carbocycles. The molecule has 4 rings (SSSR count). The van der Waals surface area contributed by atoms with Crippen LogP contribution in [-0.2, 0) is 0 Å². The van der Waals surface area contributed by atoms with Crippen LogP contribution in [0.3, 0.4) is 0 Å². The van der Waals surface area contributed by atoms with Crippen LogP contribution in [0.25, 0.3) is 11.0 Å². The van der Waals surface area contributed by atoms with Gasteiger partial charge in [-0.15, -0.1) is 0 Å². The van der Waals surface area contributed by atoms with Gasteiger partial charge in [0.2, 0.25) is 5.95 Å². The molecule has 8 nitrogen and oxygen atoms in total. The Labute approximate surface area is 167 Å². The zero-order valence-electron chi connectivity index (χ0n) is 16.4. The highest BCUT2D eigenvalue weighted by atomic mass is 16.5. The number of amides is 1. The lowest BCUT2D eigenvalue weighted by atomic mass is 10.1. The Balaban J connectivity index is 1.56. The average molecular weight is 394 g/mol. The molecule has 1 aliphatic rings. The van der Waals surface area contributed by atoms with Crippen LogP contribution in [0.1, 0.15) is 24.2 Å². The van der Waals surface area contributed by atoms with E-state index in [2.05, 4.69) is 9.97 Å². The number of benzene rings is 1. The fourth-order valence-corrected chi connectivity index (χ4v) is 3.40. The first kappa shape index (κ1) is 18.9. The number of carbonyl (C=O) groups excluding carboxylic acids is 1. The molecule has 29 heavy (non-hydrogen) atoms. The molecule has 1 aromatic carbocycles. The van der Waals surface area contributed by atoms with E-state index in [0.29, 0.717) is 54.4 Å². The fraction of sp³-hybridized carbons (Fsp3) is 0.333. The molecule has 0 aliphatic carbocycles. The Hall–Kier alpha value is -3.42. The Bertz CT molecular complexity index is 1070. The summed E-state index contributed by atoms with van der Waals surface area (Å²) in [5, 5.41) is 0.597. The number of aromatic nitrogens is 2. The second-order valence-corrected chi connectivity index (χ2v) is 7.13. The van der Waals surface area contributed by atoms with Gasteiger partial charge in [0, 0.05) is 56.1 Å². The van der Waals surface area contributed by atoms with E-state index in [9.17, 15) is 9.59 Å². The summed E-state index contributed by atoms with van der Waals surface area (Å²) in [6.45, 7) is 6.13. The predicted octanol–water partition coefficient (Wildman–Crippen LogP) is 2.33. The van der Waals surface area contributed by atoms with E-state index in [1.54, 1.807) is 41.6 Å². The molecule has 1 saturated heterocycles. The highest BCUT2D eigenvalue weighted by Crippen LogP contribution is 2.25. The molecular formula is C21H22N4O4. The smallest absolute Gasteiger partial charge is 0.337 e. The quantitative estimate of drug-likeness (QED) is 0.628. The van der Waals surface area contributed by atoms with Crippen molar-refractivity contribution in [3.63, 3.8) is 0 Å². The van der Waals surface area contributed by atoms with Gasteiger partial charge in [-0.2, -0.15) is 0 Å². The lowest BCUT2D eigenvalue weighted by Crippen LogP contribution is -2.49. The molecule has 8 heteroatoms. The maximum atomic E-state index is 13.1. The summed E-state index contributed by atoms with van der Waals surface area (Å²) >= 11 is 0. The van der Waals surface area contributed by atoms with Crippen molar-refractivity contribution in [1.82, 2.24) is 14.9 Å². The molecule has 0 atom stereocenters. The van der Waals surface area contributed by atoms with Gasteiger partial charge in [0.15, 0.2) is 0 Å². The summed E-state index contributed by atoms with van der Waals surface area (Å²) in [6, 6.07) is 8.23. The van der Waals surface area contributed by atoms with E-state index in [1.165, 1.54) is 6.07 Å². The van der Waals surface area contributed by atoms with Gasteiger partial charge in [0.05, 0.1) is 11.7 Å². The Kier molecular flexibility index (Phi) is 5.16. The molecule has 0 bridgehead atoms. The second kappa shape index (κ2) is 7.90. The molecule has 1 fully saturated rings. The average Bonchev–Trinajstić information content (AvgIpc) is 2.72. The van der Waals surface area contributed by atoms with E-state index in [0.717, 1.165) is 0 Å². The van der Waals surface area contributed by atoms with Crippen molar-refractivity contribution in [2.45, 2.75) is 20.0 Å². The van der Waals surface area contributed by atoms with Gasteiger partial charge in [-0.25, -0.2) is 14.8 Å². The van der Waals surface area contributed by atoms with Crippen LogP contribution in [0.5, 0.6) is 5.75 Å². The summed E-state index contributed by atoms with van der Waals surface area (Å²) in [5.74, 6) is 1.06. The molecule has 0 unspecified atom stereocenters. The highest BCUT2D eigenvalue weighted by molar-refractivity contribution is 6.05. The van der Waals surface area contributed by atoms with Crippen molar-refractivity contribution in [3.8, 4) is 5.75 Å². The lowest BCUT2D eigenvalue weighted by Gasteiger charge is -2.34. The van der Waals surface area contributed by atoms with Gasteiger partial charge in [-0.3, -0.25) is 4.79 Å². The minimum atomic E-state index is -0.557. The number of piperazine rings is 1. The van der Waals surface area contributed by atoms with E-state index in [4.69, 9.17) is 9.15 Å². The van der Waals surface area contributed by atoms with Crippen LogP contribution in [0, 0.1) is 0 Å². The maximum Gasteiger partial charge on any atom is 0.337 e. The third kappa shape index (κ3) is 4.06. The summed E-state index contributed by atoms with van der Waals surface area (Å²) in [5.41, 5.74) is 0.131. The first-order chi connectivity index (χ1) is 14.0. The molecule has 3 heterocycles. The van der Waals surface area contributed by atoms with Crippen molar-refractivity contribution >= 4 is 22.8 Å². The van der Waals surface area contributed by atoms with Gasteiger partial charge >= 0.3 is 5.63 Å². The van der Waals surface area contributed by atoms with Crippen molar-refractivity contribution in [1.29, 1.82) is 0 Å². The van der Waals surface area contributed by atoms with Crippen molar-refractivity contribution in [2.24, 2.45) is 0 Å². The largest absolute Gasteiger partial charge is 0.491 e. The zero-order chi connectivity index (χ0) is 20.4. The van der Waals surface area contributed by atoms with Gasteiger partial charge in [-0.05, 0) is 32.0 Å². The highest BCUT2D eigenvalue weighted by Gasteiger charge is 2.25. The molecule has 0 spiro atoms. The van der Waals surface area contributed by atoms with Crippen LogP contribution in [0.4, 0.5) is 5.95 Å². The molecule has 2 aromatic heterocycles. The number of hydrogen-bond acceptors (Lipinski definition) is 7. The second-order valence-electron chi connectivity index (χ2n) is 7.13. The van der Waals surface area contributed by atoms with Crippen LogP contribution in [0.15, 0.2) is 51.9 Å². The molecular weight excluding hydrogens is 372 g/mol. The topological polar surface area (TPSA) is 88.8 Å². The van der Waals surface area contributed by atoms with Crippen LogP contribution >= 0.6 is 0 Å². The van der Waals surface area contributed by atoms with Crippen molar-refractivity contribution < 1.29 is 13.9 Å². The molecule has 0 N–H and O–H groups in total. The Morgan fingerprint density at radius 3 is 2.52 bits per heavy atom. The summed E-state index contributed by atoms with van der Waals surface area (Å²) in [6.07, 6.45) is 3.40. The van der Waals surface area contributed by atoms with Gasteiger partial charge in [0.25, 0.3) is 5.91 Å². The normalized spacial score (nSPS) is 14.4. The van der Waals surface area contributed by atoms with E-state index < -0.39 is 5.63 Å². The first-order valence-corrected chi connectivity index (χ1v) is 9.57. The first-order valence-electron chi connectivity index (χ1n) is 9.57. The molecule has 1 amide bonds. The number of fused-ring (bicyclic) bond motifs is 1. The number of nitrogens with zero attached hydrogens (tertiary/aromatic N) is 4. The van der Waals surface area contributed by atoms with Crippen molar-refractivity contribution in [3.05, 3.63) is 58.7 Å². The molecule has 3 aromatic rings. The number of rotatable bonds is 4. The SMILES string of the molecule is CC(C)Oc1ccc2c(C(=O)N3CCN(c4ncccn4)CC3)cc(=O)oc2c1. The third-order valence-electron chi connectivity index (χ3n) is 4.72.